The second-order valence-corrected chi connectivity index (χ2v) is 3.99. The lowest BCUT2D eigenvalue weighted by atomic mass is 9.97. The van der Waals surface area contributed by atoms with Gasteiger partial charge < -0.3 is 10.2 Å². The van der Waals surface area contributed by atoms with E-state index in [9.17, 15) is 10.2 Å². The highest BCUT2D eigenvalue weighted by Crippen LogP contribution is 2.38. The summed E-state index contributed by atoms with van der Waals surface area (Å²) in [6, 6.07) is 10.7. The van der Waals surface area contributed by atoms with Gasteiger partial charge in [0.25, 0.3) is 0 Å². The molecule has 0 aromatic heterocycles. The average molecular weight is 214 g/mol. The molecule has 0 aliphatic rings. The van der Waals surface area contributed by atoms with E-state index in [4.69, 9.17) is 0 Å². The predicted octanol–water partition coefficient (Wildman–Crippen LogP) is 3.38. The Morgan fingerprint density at radius 1 is 0.875 bits per heavy atom. The van der Waals surface area contributed by atoms with Crippen molar-refractivity contribution in [3.8, 4) is 22.6 Å². The maximum atomic E-state index is 9.80. The Bertz CT molecular complexity index is 510. The molecule has 0 amide bonds. The number of benzene rings is 2. The molecular weight excluding hydrogens is 200 g/mol. The van der Waals surface area contributed by atoms with Crippen LogP contribution < -0.4 is 0 Å². The van der Waals surface area contributed by atoms with Crippen LogP contribution in [0.25, 0.3) is 11.1 Å². The molecule has 2 rings (SSSR count). The standard InChI is InChI=1S/C14H14O2/c1-9-6-7-10(2)11(8-9)14-12(15)4-3-5-13(14)16/h3-8,15-16H,1-2H3. The van der Waals surface area contributed by atoms with Gasteiger partial charge in [-0.3, -0.25) is 0 Å². The average Bonchev–Trinajstić information content (AvgIpc) is 2.23. The lowest BCUT2D eigenvalue weighted by Crippen LogP contribution is -1.86. The van der Waals surface area contributed by atoms with Gasteiger partial charge in [0.1, 0.15) is 11.5 Å². The fourth-order valence-corrected chi connectivity index (χ4v) is 1.81. The van der Waals surface area contributed by atoms with E-state index >= 15 is 0 Å². The van der Waals surface area contributed by atoms with Crippen molar-refractivity contribution in [2.24, 2.45) is 0 Å². The maximum Gasteiger partial charge on any atom is 0.127 e. The third-order valence-electron chi connectivity index (χ3n) is 2.68. The largest absolute Gasteiger partial charge is 0.507 e. The molecule has 0 atom stereocenters. The van der Waals surface area contributed by atoms with Crippen molar-refractivity contribution >= 4 is 0 Å². The molecule has 0 aliphatic heterocycles. The molecule has 0 heterocycles. The number of hydrogen-bond acceptors (Lipinski definition) is 2. The molecule has 82 valence electrons. The molecule has 0 fully saturated rings. The summed E-state index contributed by atoms with van der Waals surface area (Å²) < 4.78 is 0. The molecule has 0 radical (unpaired) electrons. The first-order valence-electron chi connectivity index (χ1n) is 5.18. The van der Waals surface area contributed by atoms with Gasteiger partial charge in [0, 0.05) is 0 Å². The predicted molar refractivity (Wildman–Crippen MR) is 64.7 cm³/mol. The Morgan fingerprint density at radius 3 is 2.12 bits per heavy atom. The highest BCUT2D eigenvalue weighted by atomic mass is 16.3. The van der Waals surface area contributed by atoms with Gasteiger partial charge in [-0.15, -0.1) is 0 Å². The highest BCUT2D eigenvalue weighted by molar-refractivity contribution is 5.78. The van der Waals surface area contributed by atoms with Crippen LogP contribution in [0.15, 0.2) is 36.4 Å². The molecule has 2 heteroatoms. The van der Waals surface area contributed by atoms with E-state index in [1.165, 1.54) is 0 Å². The zero-order chi connectivity index (χ0) is 11.7. The van der Waals surface area contributed by atoms with E-state index in [0.717, 1.165) is 16.7 Å². The third kappa shape index (κ3) is 1.74. The lowest BCUT2D eigenvalue weighted by Gasteiger charge is -2.10. The summed E-state index contributed by atoms with van der Waals surface area (Å²) in [7, 11) is 0. The van der Waals surface area contributed by atoms with E-state index in [0.29, 0.717) is 5.56 Å². The fourth-order valence-electron chi connectivity index (χ4n) is 1.81. The summed E-state index contributed by atoms with van der Waals surface area (Å²) in [4.78, 5) is 0. The van der Waals surface area contributed by atoms with Gasteiger partial charge in [0.2, 0.25) is 0 Å². The number of phenols is 2. The van der Waals surface area contributed by atoms with Crippen LogP contribution in [0, 0.1) is 13.8 Å². The van der Waals surface area contributed by atoms with Crippen molar-refractivity contribution in [1.82, 2.24) is 0 Å². The normalized spacial score (nSPS) is 10.4. The van der Waals surface area contributed by atoms with Crippen LogP contribution in [0.3, 0.4) is 0 Å². The smallest absolute Gasteiger partial charge is 0.127 e. The van der Waals surface area contributed by atoms with Gasteiger partial charge in [-0.1, -0.05) is 29.8 Å². The van der Waals surface area contributed by atoms with Crippen molar-refractivity contribution in [1.29, 1.82) is 0 Å². The van der Waals surface area contributed by atoms with Gasteiger partial charge in [-0.25, -0.2) is 0 Å². The summed E-state index contributed by atoms with van der Waals surface area (Å²) >= 11 is 0. The third-order valence-corrected chi connectivity index (χ3v) is 2.68. The van der Waals surface area contributed by atoms with E-state index in [1.807, 2.05) is 32.0 Å². The van der Waals surface area contributed by atoms with Crippen LogP contribution in [-0.4, -0.2) is 10.2 Å². The summed E-state index contributed by atoms with van der Waals surface area (Å²) in [5.41, 5.74) is 3.50. The summed E-state index contributed by atoms with van der Waals surface area (Å²) in [5, 5.41) is 19.6. The second-order valence-electron chi connectivity index (χ2n) is 3.99. The molecule has 0 aliphatic carbocycles. The zero-order valence-corrected chi connectivity index (χ0v) is 9.36. The van der Waals surface area contributed by atoms with Gasteiger partial charge in [0.05, 0.1) is 5.56 Å². The molecule has 0 saturated heterocycles. The quantitative estimate of drug-likeness (QED) is 0.764. The Kier molecular flexibility index (Phi) is 2.57. The van der Waals surface area contributed by atoms with Gasteiger partial charge in [-0.05, 0) is 37.1 Å². The van der Waals surface area contributed by atoms with E-state index in [1.54, 1.807) is 18.2 Å². The number of aromatic hydroxyl groups is 2. The lowest BCUT2D eigenvalue weighted by molar-refractivity contribution is 0.454. The van der Waals surface area contributed by atoms with Crippen LogP contribution in [0.4, 0.5) is 0 Å². The molecule has 2 nitrogen and oxygen atoms in total. The second kappa shape index (κ2) is 3.89. The maximum absolute atomic E-state index is 9.80. The Balaban J connectivity index is 2.72. The van der Waals surface area contributed by atoms with Crippen LogP contribution in [0.1, 0.15) is 11.1 Å². The Labute approximate surface area is 94.8 Å². The van der Waals surface area contributed by atoms with Gasteiger partial charge in [-0.2, -0.15) is 0 Å². The fraction of sp³-hybridized carbons (Fsp3) is 0.143. The molecule has 2 N–H and O–H groups in total. The minimum atomic E-state index is 0.105. The van der Waals surface area contributed by atoms with E-state index in [2.05, 4.69) is 0 Å². The van der Waals surface area contributed by atoms with Crippen LogP contribution in [0.5, 0.6) is 11.5 Å². The Morgan fingerprint density at radius 2 is 1.50 bits per heavy atom. The number of rotatable bonds is 1. The molecular formula is C14H14O2. The molecule has 0 spiro atoms. The zero-order valence-electron chi connectivity index (χ0n) is 9.36. The molecule has 2 aromatic carbocycles. The number of aryl methyl sites for hydroxylation is 2. The molecule has 0 bridgehead atoms. The van der Waals surface area contributed by atoms with Crippen molar-refractivity contribution in [2.45, 2.75) is 13.8 Å². The van der Waals surface area contributed by atoms with Crippen LogP contribution in [-0.2, 0) is 0 Å². The van der Waals surface area contributed by atoms with Gasteiger partial charge >= 0.3 is 0 Å². The monoisotopic (exact) mass is 214 g/mol. The van der Waals surface area contributed by atoms with Crippen molar-refractivity contribution in [3.63, 3.8) is 0 Å². The van der Waals surface area contributed by atoms with Gasteiger partial charge in [0.15, 0.2) is 0 Å². The minimum absolute atomic E-state index is 0.105. The molecule has 2 aromatic rings. The van der Waals surface area contributed by atoms with Crippen molar-refractivity contribution in [3.05, 3.63) is 47.5 Å². The SMILES string of the molecule is Cc1ccc(C)c(-c2c(O)cccc2O)c1. The topological polar surface area (TPSA) is 40.5 Å². The first-order chi connectivity index (χ1) is 7.59. The first-order valence-corrected chi connectivity index (χ1v) is 5.18. The highest BCUT2D eigenvalue weighted by Gasteiger charge is 2.11. The first kappa shape index (κ1) is 10.6. The summed E-state index contributed by atoms with van der Waals surface area (Å²) in [6.07, 6.45) is 0. The summed E-state index contributed by atoms with van der Waals surface area (Å²) in [5.74, 6) is 0.211. The van der Waals surface area contributed by atoms with E-state index < -0.39 is 0 Å². The number of phenolic OH excluding ortho intramolecular Hbond substituents is 2. The minimum Gasteiger partial charge on any atom is -0.507 e. The Hall–Kier alpha value is -1.96. The van der Waals surface area contributed by atoms with Crippen LogP contribution >= 0.6 is 0 Å². The molecule has 0 saturated carbocycles. The number of hydrogen-bond donors (Lipinski definition) is 2. The van der Waals surface area contributed by atoms with Crippen LogP contribution in [0.2, 0.25) is 0 Å². The van der Waals surface area contributed by atoms with E-state index in [-0.39, 0.29) is 11.5 Å². The molecule has 16 heavy (non-hydrogen) atoms. The molecule has 0 unspecified atom stereocenters. The van der Waals surface area contributed by atoms with Crippen molar-refractivity contribution in [2.75, 3.05) is 0 Å². The van der Waals surface area contributed by atoms with Crippen molar-refractivity contribution < 1.29 is 10.2 Å². The summed E-state index contributed by atoms with van der Waals surface area (Å²) in [6.45, 7) is 3.95.